The molecular weight excluding hydrogens is 432 g/mol. The van der Waals surface area contributed by atoms with Gasteiger partial charge in [-0.15, -0.1) is 0 Å². The largest absolute Gasteiger partial charge is 0.484 e. The number of sulfonamides is 1. The van der Waals surface area contributed by atoms with Gasteiger partial charge in [0, 0.05) is 5.56 Å². The molecule has 0 saturated heterocycles. The molecule has 170 valence electrons. The van der Waals surface area contributed by atoms with Gasteiger partial charge in [0.1, 0.15) is 17.6 Å². The summed E-state index contributed by atoms with van der Waals surface area (Å²) in [6.07, 6.45) is 0. The van der Waals surface area contributed by atoms with Crippen LogP contribution >= 0.6 is 0 Å². The van der Waals surface area contributed by atoms with Crippen LogP contribution in [0.5, 0.6) is 5.75 Å². The molecule has 0 aromatic heterocycles. The van der Waals surface area contributed by atoms with Gasteiger partial charge in [-0.3, -0.25) is 30.2 Å². The van der Waals surface area contributed by atoms with E-state index < -0.39 is 27.9 Å². The van der Waals surface area contributed by atoms with Crippen molar-refractivity contribution in [3.8, 4) is 5.75 Å². The van der Waals surface area contributed by atoms with Crippen molar-refractivity contribution in [2.24, 2.45) is 10.9 Å². The average Bonchev–Trinajstić information content (AvgIpc) is 3.01. The molecule has 1 atom stereocenters. The molecule has 0 aliphatic carbocycles. The fourth-order valence-corrected chi connectivity index (χ4v) is 4.31. The predicted octanol–water partition coefficient (Wildman–Crippen LogP) is 1.59. The normalized spacial score (nSPS) is 16.2. The van der Waals surface area contributed by atoms with Crippen molar-refractivity contribution in [2.45, 2.75) is 38.6 Å². The first-order valence-electron chi connectivity index (χ1n) is 10.1. The highest BCUT2D eigenvalue weighted by molar-refractivity contribution is 7.90. The molecule has 32 heavy (non-hydrogen) atoms. The highest BCUT2D eigenvalue weighted by Gasteiger charge is 2.32. The first-order chi connectivity index (χ1) is 15.1. The van der Waals surface area contributed by atoms with Crippen LogP contribution in [0, 0.1) is 19.8 Å². The molecule has 9 nitrogen and oxygen atoms in total. The van der Waals surface area contributed by atoms with E-state index in [0.717, 1.165) is 11.1 Å². The fraction of sp³-hybridized carbons (Fsp3) is 0.318. The van der Waals surface area contributed by atoms with E-state index in [-0.39, 0.29) is 23.3 Å². The van der Waals surface area contributed by atoms with Crippen LogP contribution in [0.4, 0.5) is 0 Å². The van der Waals surface area contributed by atoms with Crippen molar-refractivity contribution in [3.05, 3.63) is 59.2 Å². The van der Waals surface area contributed by atoms with Gasteiger partial charge in [-0.1, -0.05) is 32.0 Å². The summed E-state index contributed by atoms with van der Waals surface area (Å²) in [5, 5.41) is 0. The monoisotopic (exact) mass is 458 g/mol. The zero-order valence-corrected chi connectivity index (χ0v) is 19.1. The average molecular weight is 459 g/mol. The summed E-state index contributed by atoms with van der Waals surface area (Å²) in [7, 11) is -3.72. The van der Waals surface area contributed by atoms with Gasteiger partial charge in [-0.25, -0.2) is 8.42 Å². The Morgan fingerprint density at radius 2 is 1.78 bits per heavy atom. The number of hydrogen-bond donors (Lipinski definition) is 3. The van der Waals surface area contributed by atoms with Gasteiger partial charge in [0.15, 0.2) is 6.61 Å². The van der Waals surface area contributed by atoms with Gasteiger partial charge in [-0.2, -0.15) is 0 Å². The van der Waals surface area contributed by atoms with E-state index >= 15 is 0 Å². The number of amides is 2. The number of carbonyl (C=O) groups is 2. The quantitative estimate of drug-likeness (QED) is 0.567. The summed E-state index contributed by atoms with van der Waals surface area (Å²) < 4.78 is 32.4. The third kappa shape index (κ3) is 5.25. The van der Waals surface area contributed by atoms with Crippen molar-refractivity contribution < 1.29 is 22.7 Å². The predicted molar refractivity (Wildman–Crippen MR) is 120 cm³/mol. The molecule has 0 saturated carbocycles. The molecule has 2 amide bonds. The Bertz CT molecular complexity index is 1170. The molecule has 1 aliphatic heterocycles. The van der Waals surface area contributed by atoms with Crippen LogP contribution in [0.1, 0.15) is 30.5 Å². The number of aliphatic imine (C=N–C) groups is 1. The number of rotatable bonds is 6. The summed E-state index contributed by atoms with van der Waals surface area (Å²) >= 11 is 0. The van der Waals surface area contributed by atoms with Crippen molar-refractivity contribution in [3.63, 3.8) is 0 Å². The molecule has 0 spiro atoms. The maximum absolute atomic E-state index is 12.7. The first kappa shape index (κ1) is 23.3. The van der Waals surface area contributed by atoms with E-state index in [0.29, 0.717) is 11.3 Å². The number of amidine groups is 1. The topological polar surface area (TPSA) is 126 Å². The maximum atomic E-state index is 12.7. The molecule has 0 radical (unpaired) electrons. The van der Waals surface area contributed by atoms with Crippen molar-refractivity contribution in [1.29, 1.82) is 0 Å². The van der Waals surface area contributed by atoms with Crippen LogP contribution in [0.3, 0.4) is 0 Å². The number of nitrogens with one attached hydrogen (secondary N) is 3. The highest BCUT2D eigenvalue weighted by atomic mass is 32.2. The van der Waals surface area contributed by atoms with Crippen molar-refractivity contribution >= 4 is 27.7 Å². The molecule has 0 fully saturated rings. The molecule has 10 heteroatoms. The molecule has 3 N–H and O–H groups in total. The second-order valence-electron chi connectivity index (χ2n) is 7.84. The molecular formula is C22H26N4O5S. The van der Waals surface area contributed by atoms with Gasteiger partial charge < -0.3 is 4.74 Å². The minimum atomic E-state index is -3.72. The Morgan fingerprint density at radius 3 is 2.47 bits per heavy atom. The standard InChI is InChI=1S/C22H26N4O5S/c1-13(2)20(23-21-17-7-5-6-8-18(17)32(29,30)26-21)22(28)25-24-19(27)12-31-16-10-9-14(3)15(4)11-16/h5-11,13,20H,12H2,1-4H3,(H,23,26)(H,24,27)(H,25,28)/t20-/m0/s1. The number of nitrogens with zero attached hydrogens (tertiary/aromatic N) is 1. The number of ether oxygens (including phenoxy) is 1. The van der Waals surface area contributed by atoms with E-state index in [2.05, 4.69) is 20.6 Å². The summed E-state index contributed by atoms with van der Waals surface area (Å²) in [5.41, 5.74) is 7.19. The van der Waals surface area contributed by atoms with Gasteiger partial charge in [0.25, 0.3) is 21.8 Å². The Morgan fingerprint density at radius 1 is 1.06 bits per heavy atom. The SMILES string of the molecule is Cc1ccc(OCC(=O)NNC(=O)[C@@H](N=C2NS(=O)(=O)c3ccccc32)C(C)C)cc1C. The van der Waals surface area contributed by atoms with E-state index in [9.17, 15) is 18.0 Å². The Labute approximate surface area is 187 Å². The van der Waals surface area contributed by atoms with Crippen LogP contribution in [0.25, 0.3) is 0 Å². The fourth-order valence-electron chi connectivity index (χ4n) is 3.07. The Balaban J connectivity index is 1.63. The Kier molecular flexibility index (Phi) is 6.83. The number of fused-ring (bicyclic) bond motifs is 1. The van der Waals surface area contributed by atoms with E-state index in [4.69, 9.17) is 4.74 Å². The van der Waals surface area contributed by atoms with Crippen LogP contribution in [0.2, 0.25) is 0 Å². The third-order valence-corrected chi connectivity index (χ3v) is 6.40. The van der Waals surface area contributed by atoms with Crippen LogP contribution < -0.4 is 20.3 Å². The molecule has 2 aromatic rings. The lowest BCUT2D eigenvalue weighted by Gasteiger charge is -2.17. The zero-order valence-electron chi connectivity index (χ0n) is 18.3. The highest BCUT2D eigenvalue weighted by Crippen LogP contribution is 2.23. The maximum Gasteiger partial charge on any atom is 0.276 e. The number of hydrogen-bond acceptors (Lipinski definition) is 6. The second-order valence-corrected chi connectivity index (χ2v) is 9.49. The minimum absolute atomic E-state index is 0.0962. The first-order valence-corrected chi connectivity index (χ1v) is 11.6. The third-order valence-electron chi connectivity index (χ3n) is 5.00. The van der Waals surface area contributed by atoms with Gasteiger partial charge in [0.2, 0.25) is 0 Å². The van der Waals surface area contributed by atoms with E-state index in [1.165, 1.54) is 6.07 Å². The van der Waals surface area contributed by atoms with Crippen LogP contribution in [-0.4, -0.2) is 38.7 Å². The smallest absolute Gasteiger partial charge is 0.276 e. The van der Waals surface area contributed by atoms with E-state index in [1.54, 1.807) is 38.1 Å². The van der Waals surface area contributed by atoms with Gasteiger partial charge >= 0.3 is 0 Å². The van der Waals surface area contributed by atoms with E-state index in [1.807, 2.05) is 26.0 Å². The molecule has 1 aliphatic rings. The molecule has 3 rings (SSSR count). The van der Waals surface area contributed by atoms with Gasteiger partial charge in [-0.05, 0) is 55.2 Å². The number of hydrazine groups is 1. The molecule has 0 unspecified atom stereocenters. The summed E-state index contributed by atoms with van der Waals surface area (Å²) in [6.45, 7) is 7.18. The molecule has 0 bridgehead atoms. The number of benzene rings is 2. The second kappa shape index (κ2) is 9.39. The molecule has 1 heterocycles. The lowest BCUT2D eigenvalue weighted by Crippen LogP contribution is -2.49. The number of carbonyl (C=O) groups excluding carboxylic acids is 2. The Hall–Kier alpha value is -3.40. The summed E-state index contributed by atoms with van der Waals surface area (Å²) in [4.78, 5) is 29.2. The van der Waals surface area contributed by atoms with Crippen molar-refractivity contribution in [2.75, 3.05) is 6.61 Å². The van der Waals surface area contributed by atoms with Crippen LogP contribution in [0.15, 0.2) is 52.4 Å². The summed E-state index contributed by atoms with van der Waals surface area (Å²) in [5.74, 6) is -0.732. The van der Waals surface area contributed by atoms with Crippen molar-refractivity contribution in [1.82, 2.24) is 15.6 Å². The zero-order chi connectivity index (χ0) is 23.5. The van der Waals surface area contributed by atoms with Gasteiger partial charge in [0.05, 0.1) is 4.90 Å². The lowest BCUT2D eigenvalue weighted by molar-refractivity contribution is -0.131. The summed E-state index contributed by atoms with van der Waals surface area (Å²) in [6, 6.07) is 11.0. The molecule has 2 aromatic carbocycles. The van der Waals surface area contributed by atoms with Crippen LogP contribution in [-0.2, 0) is 19.6 Å². The minimum Gasteiger partial charge on any atom is -0.484 e. The number of aryl methyl sites for hydroxylation is 2. The lowest BCUT2D eigenvalue weighted by atomic mass is 10.0.